The molecule has 0 bridgehead atoms. The second kappa shape index (κ2) is 8.13. The number of hydrogen-bond acceptors (Lipinski definition) is 5. The number of amides is 1. The van der Waals surface area contributed by atoms with Crippen molar-refractivity contribution in [1.82, 2.24) is 20.6 Å². The van der Waals surface area contributed by atoms with Crippen LogP contribution in [0.25, 0.3) is 0 Å². The predicted octanol–water partition coefficient (Wildman–Crippen LogP) is 3.44. The number of nitrogens with zero attached hydrogens (tertiary/aromatic N) is 2. The summed E-state index contributed by atoms with van der Waals surface area (Å²) >= 11 is 0. The molecule has 1 fully saturated rings. The molecular formula is C19H32N4O2. The van der Waals surface area contributed by atoms with Crippen LogP contribution in [0, 0.1) is 19.8 Å². The van der Waals surface area contributed by atoms with Gasteiger partial charge >= 0.3 is 6.09 Å². The summed E-state index contributed by atoms with van der Waals surface area (Å²) in [5, 5.41) is 6.62. The van der Waals surface area contributed by atoms with E-state index >= 15 is 0 Å². The number of ether oxygens (including phenoxy) is 1. The number of rotatable bonds is 5. The third-order valence-electron chi connectivity index (χ3n) is 4.63. The Balaban J connectivity index is 1.89. The molecule has 140 valence electrons. The standard InChI is InChI=1S/C19H32N4O2/c1-12-16(11-20-14(3)22-12)13(2)23-17-9-7-8-15(17)10-21-18(24)25-19(4,5)6/h11,13,15,17,23H,7-10H2,1-6H3,(H,21,24)/t13-,15+,17-/m0/s1. The van der Waals surface area contributed by atoms with Crippen LogP contribution in [0.4, 0.5) is 4.79 Å². The zero-order chi connectivity index (χ0) is 18.6. The van der Waals surface area contributed by atoms with Crippen LogP contribution in [0.5, 0.6) is 0 Å². The highest BCUT2D eigenvalue weighted by Gasteiger charge is 2.29. The minimum absolute atomic E-state index is 0.188. The van der Waals surface area contributed by atoms with Crippen molar-refractivity contribution in [2.75, 3.05) is 6.54 Å². The molecule has 0 spiro atoms. The van der Waals surface area contributed by atoms with Gasteiger partial charge in [0.25, 0.3) is 0 Å². The van der Waals surface area contributed by atoms with Crippen LogP contribution in [0.15, 0.2) is 6.20 Å². The number of nitrogens with one attached hydrogen (secondary N) is 2. The van der Waals surface area contributed by atoms with Gasteiger partial charge in [-0.3, -0.25) is 0 Å². The van der Waals surface area contributed by atoms with Crippen LogP contribution in [0.1, 0.15) is 70.1 Å². The van der Waals surface area contributed by atoms with Crippen molar-refractivity contribution >= 4 is 6.09 Å². The van der Waals surface area contributed by atoms with E-state index in [1.807, 2.05) is 40.8 Å². The summed E-state index contributed by atoms with van der Waals surface area (Å²) < 4.78 is 5.32. The van der Waals surface area contributed by atoms with Crippen LogP contribution < -0.4 is 10.6 Å². The molecule has 0 unspecified atom stereocenters. The lowest BCUT2D eigenvalue weighted by Gasteiger charge is -2.26. The first-order valence-electron chi connectivity index (χ1n) is 9.19. The zero-order valence-electron chi connectivity index (χ0n) is 16.3. The van der Waals surface area contributed by atoms with Crippen molar-refractivity contribution in [2.45, 2.75) is 78.5 Å². The highest BCUT2D eigenvalue weighted by atomic mass is 16.6. The van der Waals surface area contributed by atoms with E-state index in [1.54, 1.807) is 0 Å². The van der Waals surface area contributed by atoms with E-state index in [0.717, 1.165) is 29.9 Å². The molecule has 0 aromatic carbocycles. The van der Waals surface area contributed by atoms with E-state index < -0.39 is 5.60 Å². The largest absolute Gasteiger partial charge is 0.444 e. The molecule has 0 radical (unpaired) electrons. The van der Waals surface area contributed by atoms with E-state index in [9.17, 15) is 4.79 Å². The third kappa shape index (κ3) is 5.96. The Morgan fingerprint density at radius 3 is 2.72 bits per heavy atom. The maximum atomic E-state index is 11.9. The zero-order valence-corrected chi connectivity index (χ0v) is 16.3. The Labute approximate surface area is 151 Å². The number of aromatic nitrogens is 2. The Hall–Kier alpha value is -1.69. The van der Waals surface area contributed by atoms with E-state index in [0.29, 0.717) is 18.5 Å². The van der Waals surface area contributed by atoms with Gasteiger partial charge in [-0.15, -0.1) is 0 Å². The minimum Gasteiger partial charge on any atom is -0.444 e. The van der Waals surface area contributed by atoms with Crippen LogP contribution in [0.3, 0.4) is 0 Å². The van der Waals surface area contributed by atoms with Crippen molar-refractivity contribution in [3.8, 4) is 0 Å². The normalized spacial score (nSPS) is 21.8. The smallest absolute Gasteiger partial charge is 0.407 e. The first-order valence-corrected chi connectivity index (χ1v) is 9.19. The summed E-state index contributed by atoms with van der Waals surface area (Å²) in [6.45, 7) is 12.4. The fraction of sp³-hybridized carbons (Fsp3) is 0.737. The minimum atomic E-state index is -0.463. The Morgan fingerprint density at radius 1 is 1.36 bits per heavy atom. The lowest BCUT2D eigenvalue weighted by Crippen LogP contribution is -2.41. The average molecular weight is 348 g/mol. The van der Waals surface area contributed by atoms with Crippen molar-refractivity contribution in [3.63, 3.8) is 0 Å². The molecule has 1 amide bonds. The molecule has 1 aliphatic rings. The fourth-order valence-corrected chi connectivity index (χ4v) is 3.46. The number of carbonyl (C=O) groups is 1. The van der Waals surface area contributed by atoms with Gasteiger partial charge in [0.15, 0.2) is 0 Å². The molecule has 6 heteroatoms. The molecule has 1 aromatic rings. The molecule has 6 nitrogen and oxygen atoms in total. The molecule has 1 heterocycles. The van der Waals surface area contributed by atoms with Gasteiger partial charge in [0.2, 0.25) is 0 Å². The van der Waals surface area contributed by atoms with Crippen LogP contribution in [-0.2, 0) is 4.74 Å². The second-order valence-electron chi connectivity index (χ2n) is 8.03. The quantitative estimate of drug-likeness (QED) is 0.852. The molecule has 0 saturated heterocycles. The van der Waals surface area contributed by atoms with Crippen LogP contribution in [-0.4, -0.2) is 34.2 Å². The fourth-order valence-electron chi connectivity index (χ4n) is 3.46. The lowest BCUT2D eigenvalue weighted by molar-refractivity contribution is 0.0517. The third-order valence-corrected chi connectivity index (χ3v) is 4.63. The second-order valence-corrected chi connectivity index (χ2v) is 8.03. The summed E-state index contributed by atoms with van der Waals surface area (Å²) in [4.78, 5) is 20.7. The van der Waals surface area contributed by atoms with Crippen molar-refractivity contribution in [1.29, 1.82) is 0 Å². The van der Waals surface area contributed by atoms with E-state index in [2.05, 4.69) is 27.5 Å². The summed E-state index contributed by atoms with van der Waals surface area (Å²) in [5.74, 6) is 1.22. The Bertz CT molecular complexity index is 598. The highest BCUT2D eigenvalue weighted by Crippen LogP contribution is 2.28. The maximum Gasteiger partial charge on any atom is 0.407 e. The summed E-state index contributed by atoms with van der Waals surface area (Å²) in [5.41, 5.74) is 1.69. The maximum absolute atomic E-state index is 11.9. The number of aryl methyl sites for hydroxylation is 2. The SMILES string of the molecule is Cc1ncc([C@H](C)N[C@H]2CCC[C@@H]2CNC(=O)OC(C)(C)C)c(C)n1. The number of alkyl carbamates (subject to hydrolysis) is 1. The number of hydrogen-bond donors (Lipinski definition) is 2. The van der Waals surface area contributed by atoms with E-state index in [1.165, 1.54) is 6.42 Å². The van der Waals surface area contributed by atoms with Crippen molar-refractivity contribution in [3.05, 3.63) is 23.3 Å². The topological polar surface area (TPSA) is 76.1 Å². The summed E-state index contributed by atoms with van der Waals surface area (Å²) in [7, 11) is 0. The summed E-state index contributed by atoms with van der Waals surface area (Å²) in [6.07, 6.45) is 4.99. The first kappa shape index (κ1) is 19.6. The van der Waals surface area contributed by atoms with Gasteiger partial charge in [-0.1, -0.05) is 6.42 Å². The van der Waals surface area contributed by atoms with Gasteiger partial charge in [0.05, 0.1) is 0 Å². The van der Waals surface area contributed by atoms with Gasteiger partial charge in [-0.25, -0.2) is 14.8 Å². The molecular weight excluding hydrogens is 316 g/mol. The van der Waals surface area contributed by atoms with Crippen molar-refractivity contribution < 1.29 is 9.53 Å². The summed E-state index contributed by atoms with van der Waals surface area (Å²) in [6, 6.07) is 0.568. The molecule has 1 aliphatic carbocycles. The first-order chi connectivity index (χ1) is 11.7. The van der Waals surface area contributed by atoms with Crippen LogP contribution >= 0.6 is 0 Å². The molecule has 2 rings (SSSR count). The van der Waals surface area contributed by atoms with Gasteiger partial charge in [-0.05, 0) is 60.3 Å². The highest BCUT2D eigenvalue weighted by molar-refractivity contribution is 5.67. The van der Waals surface area contributed by atoms with E-state index in [4.69, 9.17) is 4.74 Å². The molecule has 1 saturated carbocycles. The molecule has 2 N–H and O–H groups in total. The predicted molar refractivity (Wildman–Crippen MR) is 98.4 cm³/mol. The van der Waals surface area contributed by atoms with E-state index in [-0.39, 0.29) is 12.1 Å². The molecule has 1 aromatic heterocycles. The van der Waals surface area contributed by atoms with Crippen molar-refractivity contribution in [2.24, 2.45) is 5.92 Å². The van der Waals surface area contributed by atoms with Gasteiger partial charge < -0.3 is 15.4 Å². The Morgan fingerprint density at radius 2 is 2.08 bits per heavy atom. The number of carbonyl (C=O) groups excluding carboxylic acids is 1. The van der Waals surface area contributed by atoms with Gasteiger partial charge in [0.1, 0.15) is 11.4 Å². The lowest BCUT2D eigenvalue weighted by atomic mass is 10.0. The molecule has 25 heavy (non-hydrogen) atoms. The monoisotopic (exact) mass is 348 g/mol. The Kier molecular flexibility index (Phi) is 6.38. The van der Waals surface area contributed by atoms with Gasteiger partial charge in [-0.2, -0.15) is 0 Å². The molecule has 0 aliphatic heterocycles. The van der Waals surface area contributed by atoms with Crippen LogP contribution in [0.2, 0.25) is 0 Å². The molecule has 3 atom stereocenters. The average Bonchev–Trinajstić information content (AvgIpc) is 2.90. The van der Waals surface area contributed by atoms with Gasteiger partial charge in [0, 0.05) is 36.1 Å².